The number of rotatable bonds is 3. The van der Waals surface area contributed by atoms with Gasteiger partial charge in [-0.1, -0.05) is 0 Å². The topological polar surface area (TPSA) is 76.3 Å². The maximum atomic E-state index is 12.6. The number of carbonyl (C=O) groups is 1. The summed E-state index contributed by atoms with van der Waals surface area (Å²) in [5.74, 6) is 0.973. The lowest BCUT2D eigenvalue weighted by molar-refractivity contribution is 0.0790. The summed E-state index contributed by atoms with van der Waals surface area (Å²) in [6.07, 6.45) is 9.69. The van der Waals surface area contributed by atoms with Crippen molar-refractivity contribution in [3.63, 3.8) is 0 Å². The molecular formula is C21H18N6O. The molecule has 1 aliphatic heterocycles. The Kier molecular flexibility index (Phi) is 4.05. The number of likely N-dealkylation sites (tertiary alicyclic amines) is 1. The molecule has 0 aliphatic carbocycles. The van der Waals surface area contributed by atoms with Crippen molar-refractivity contribution >= 4 is 11.6 Å². The van der Waals surface area contributed by atoms with Gasteiger partial charge in [0.1, 0.15) is 0 Å². The third-order valence-corrected chi connectivity index (χ3v) is 5.13. The Labute approximate surface area is 161 Å². The van der Waals surface area contributed by atoms with Crippen LogP contribution in [-0.2, 0) is 0 Å². The van der Waals surface area contributed by atoms with E-state index < -0.39 is 0 Å². The number of carbonyl (C=O) groups excluding carboxylic acids is 1. The lowest BCUT2D eigenvalue weighted by Gasteiger charge is -2.15. The van der Waals surface area contributed by atoms with Gasteiger partial charge in [-0.05, 0) is 48.4 Å². The molecule has 0 radical (unpaired) electrons. The Hall–Kier alpha value is -3.61. The number of pyridine rings is 3. The van der Waals surface area contributed by atoms with Crippen LogP contribution in [0.4, 0.5) is 0 Å². The van der Waals surface area contributed by atoms with Gasteiger partial charge in [-0.2, -0.15) is 5.10 Å². The molecule has 1 saturated heterocycles. The van der Waals surface area contributed by atoms with Crippen molar-refractivity contribution in [2.75, 3.05) is 13.1 Å². The highest BCUT2D eigenvalue weighted by Crippen LogP contribution is 2.27. The molecule has 0 aromatic carbocycles. The van der Waals surface area contributed by atoms with E-state index in [1.165, 1.54) is 0 Å². The minimum atomic E-state index is 0.0358. The molecule has 1 amide bonds. The van der Waals surface area contributed by atoms with E-state index in [0.29, 0.717) is 18.7 Å². The van der Waals surface area contributed by atoms with Gasteiger partial charge in [-0.15, -0.1) is 0 Å². The molecule has 7 heteroatoms. The average molecular weight is 370 g/mol. The highest BCUT2D eigenvalue weighted by molar-refractivity contribution is 5.94. The van der Waals surface area contributed by atoms with Crippen molar-refractivity contribution in [3.05, 3.63) is 78.8 Å². The SMILES string of the molecule is O=C(c1ccncc1)N1CC[C@H](c2nc3ccc(-c4ccncc4)cn3n2)C1. The van der Waals surface area contributed by atoms with Gasteiger partial charge in [-0.3, -0.25) is 14.8 Å². The van der Waals surface area contributed by atoms with Crippen LogP contribution >= 0.6 is 0 Å². The second kappa shape index (κ2) is 6.84. The van der Waals surface area contributed by atoms with Crippen LogP contribution in [0.2, 0.25) is 0 Å². The summed E-state index contributed by atoms with van der Waals surface area (Å²) < 4.78 is 1.82. The molecule has 1 atom stereocenters. The largest absolute Gasteiger partial charge is 0.338 e. The van der Waals surface area contributed by atoms with Gasteiger partial charge in [0.2, 0.25) is 0 Å². The number of aromatic nitrogens is 5. The van der Waals surface area contributed by atoms with Crippen molar-refractivity contribution in [2.45, 2.75) is 12.3 Å². The second-order valence-electron chi connectivity index (χ2n) is 6.90. The summed E-state index contributed by atoms with van der Waals surface area (Å²) in [4.78, 5) is 27.2. The molecule has 5 rings (SSSR count). The van der Waals surface area contributed by atoms with Crippen LogP contribution in [-0.4, -0.2) is 48.5 Å². The fraction of sp³-hybridized carbons (Fsp3) is 0.190. The molecule has 4 aromatic heterocycles. The van der Waals surface area contributed by atoms with Crippen molar-refractivity contribution in [3.8, 4) is 11.1 Å². The van der Waals surface area contributed by atoms with Gasteiger partial charge in [-0.25, -0.2) is 9.50 Å². The van der Waals surface area contributed by atoms with E-state index in [0.717, 1.165) is 29.0 Å². The molecule has 1 aliphatic rings. The van der Waals surface area contributed by atoms with E-state index >= 15 is 0 Å². The predicted molar refractivity (Wildman–Crippen MR) is 104 cm³/mol. The molecule has 7 nitrogen and oxygen atoms in total. The van der Waals surface area contributed by atoms with Crippen molar-refractivity contribution in [1.29, 1.82) is 0 Å². The van der Waals surface area contributed by atoms with Gasteiger partial charge in [0.05, 0.1) is 0 Å². The van der Waals surface area contributed by atoms with E-state index in [1.807, 2.05) is 39.9 Å². The predicted octanol–water partition coefficient (Wildman–Crippen LogP) is 2.82. The molecule has 0 saturated carbocycles. The van der Waals surface area contributed by atoms with E-state index in [2.05, 4.69) is 20.1 Å². The Morgan fingerprint density at radius 1 is 0.929 bits per heavy atom. The molecule has 1 fully saturated rings. The van der Waals surface area contributed by atoms with Crippen molar-refractivity contribution in [1.82, 2.24) is 29.5 Å². The zero-order valence-electron chi connectivity index (χ0n) is 15.1. The number of nitrogens with zero attached hydrogens (tertiary/aromatic N) is 6. The average Bonchev–Trinajstić information content (AvgIpc) is 3.41. The minimum Gasteiger partial charge on any atom is -0.338 e. The third kappa shape index (κ3) is 3.00. The van der Waals surface area contributed by atoms with E-state index in [1.54, 1.807) is 36.9 Å². The maximum absolute atomic E-state index is 12.6. The van der Waals surface area contributed by atoms with Gasteiger partial charge in [0.25, 0.3) is 5.91 Å². The van der Waals surface area contributed by atoms with Gasteiger partial charge >= 0.3 is 0 Å². The van der Waals surface area contributed by atoms with Gasteiger partial charge < -0.3 is 4.90 Å². The Bertz CT molecular complexity index is 1130. The first-order chi connectivity index (χ1) is 13.8. The van der Waals surface area contributed by atoms with E-state index in [4.69, 9.17) is 0 Å². The van der Waals surface area contributed by atoms with Gasteiger partial charge in [0, 0.05) is 61.1 Å². The first-order valence-corrected chi connectivity index (χ1v) is 9.24. The molecular weight excluding hydrogens is 352 g/mol. The summed E-state index contributed by atoms with van der Waals surface area (Å²) >= 11 is 0. The van der Waals surface area contributed by atoms with Crippen LogP contribution in [0.3, 0.4) is 0 Å². The summed E-state index contributed by atoms with van der Waals surface area (Å²) in [5.41, 5.74) is 3.63. The zero-order valence-corrected chi connectivity index (χ0v) is 15.1. The summed E-state index contributed by atoms with van der Waals surface area (Å²) in [6.45, 7) is 1.35. The number of hydrogen-bond donors (Lipinski definition) is 0. The van der Waals surface area contributed by atoms with Crippen LogP contribution in [0, 0.1) is 0 Å². The number of amides is 1. The third-order valence-electron chi connectivity index (χ3n) is 5.13. The first kappa shape index (κ1) is 16.6. The lowest BCUT2D eigenvalue weighted by Crippen LogP contribution is -2.28. The number of fused-ring (bicyclic) bond motifs is 1. The molecule has 138 valence electrons. The minimum absolute atomic E-state index is 0.0358. The smallest absolute Gasteiger partial charge is 0.253 e. The summed E-state index contributed by atoms with van der Waals surface area (Å²) in [7, 11) is 0. The highest BCUT2D eigenvalue weighted by atomic mass is 16.2. The Morgan fingerprint density at radius 3 is 2.46 bits per heavy atom. The second-order valence-corrected chi connectivity index (χ2v) is 6.90. The molecule has 28 heavy (non-hydrogen) atoms. The van der Waals surface area contributed by atoms with Crippen LogP contribution in [0.25, 0.3) is 16.8 Å². The van der Waals surface area contributed by atoms with Crippen LogP contribution < -0.4 is 0 Å². The Balaban J connectivity index is 1.37. The molecule has 0 spiro atoms. The van der Waals surface area contributed by atoms with Crippen LogP contribution in [0.5, 0.6) is 0 Å². The van der Waals surface area contributed by atoms with Gasteiger partial charge in [0.15, 0.2) is 11.5 Å². The summed E-state index contributed by atoms with van der Waals surface area (Å²) in [5, 5.41) is 4.69. The number of hydrogen-bond acceptors (Lipinski definition) is 5. The quantitative estimate of drug-likeness (QED) is 0.554. The summed E-state index contributed by atoms with van der Waals surface area (Å²) in [6, 6.07) is 11.5. The van der Waals surface area contributed by atoms with Crippen molar-refractivity contribution in [2.24, 2.45) is 0 Å². The standard InChI is InChI=1S/C21H18N6O/c28-21(16-5-10-23-11-6-16)26-12-7-18(13-26)20-24-19-2-1-17(14-27(19)25-20)15-3-8-22-9-4-15/h1-6,8-11,14,18H,7,12-13H2/t18-/m0/s1. The Morgan fingerprint density at radius 2 is 1.68 bits per heavy atom. The fourth-order valence-electron chi connectivity index (χ4n) is 3.62. The van der Waals surface area contributed by atoms with E-state index in [9.17, 15) is 4.79 Å². The molecule has 0 unspecified atom stereocenters. The highest BCUT2D eigenvalue weighted by Gasteiger charge is 2.30. The molecule has 4 aromatic rings. The van der Waals surface area contributed by atoms with E-state index in [-0.39, 0.29) is 11.8 Å². The normalized spacial score (nSPS) is 16.6. The van der Waals surface area contributed by atoms with Crippen LogP contribution in [0.1, 0.15) is 28.5 Å². The van der Waals surface area contributed by atoms with Crippen LogP contribution in [0.15, 0.2) is 67.4 Å². The molecule has 5 heterocycles. The maximum Gasteiger partial charge on any atom is 0.253 e. The monoisotopic (exact) mass is 370 g/mol. The molecule has 0 bridgehead atoms. The fourth-order valence-corrected chi connectivity index (χ4v) is 3.62. The van der Waals surface area contributed by atoms with Crippen molar-refractivity contribution < 1.29 is 4.79 Å². The molecule has 0 N–H and O–H groups in total. The lowest BCUT2D eigenvalue weighted by atomic mass is 10.1. The zero-order chi connectivity index (χ0) is 18.9. The first-order valence-electron chi connectivity index (χ1n) is 9.24.